The second kappa shape index (κ2) is 10.2. The van der Waals surface area contributed by atoms with Crippen LogP contribution in [-0.4, -0.2) is 40.9 Å². The average molecular weight is 427 g/mol. The quantitative estimate of drug-likeness (QED) is 0.560. The van der Waals surface area contributed by atoms with Crippen molar-refractivity contribution < 1.29 is 32.5 Å². The minimum absolute atomic E-state index is 0.131. The Morgan fingerprint density at radius 2 is 1.90 bits per heavy atom. The summed E-state index contributed by atoms with van der Waals surface area (Å²) in [5, 5.41) is 12.0. The zero-order valence-electron chi connectivity index (χ0n) is 16.9. The van der Waals surface area contributed by atoms with E-state index in [2.05, 4.69) is 15.3 Å². The van der Waals surface area contributed by atoms with E-state index in [0.717, 1.165) is 7.11 Å². The number of carboxylic acid groups (broad SMARTS) is 1. The van der Waals surface area contributed by atoms with Crippen molar-refractivity contribution in [2.75, 3.05) is 19.0 Å². The van der Waals surface area contributed by atoms with Gasteiger partial charge in [-0.1, -0.05) is 19.1 Å². The Hall–Kier alpha value is -2.88. The van der Waals surface area contributed by atoms with Crippen LogP contribution in [0.15, 0.2) is 30.6 Å². The standard InChI is InChI=1S/C20H24F3N3O4/c1-4-12(9-17(27)28)13-6-7-15(18(29-3)20(21,22)23)16(8-13)26-14-10-24-19(25-11-14)30-5-2/h6-8,10-12,18,26H,4-5,9H2,1-3H3,(H,27,28). The van der Waals surface area contributed by atoms with Gasteiger partial charge in [-0.25, -0.2) is 9.97 Å². The van der Waals surface area contributed by atoms with E-state index in [0.29, 0.717) is 24.3 Å². The Balaban J connectivity index is 2.47. The summed E-state index contributed by atoms with van der Waals surface area (Å²) in [5.74, 6) is -1.33. The van der Waals surface area contributed by atoms with Crippen LogP contribution in [0.5, 0.6) is 6.01 Å². The lowest BCUT2D eigenvalue weighted by molar-refractivity contribution is -0.215. The largest absolute Gasteiger partial charge is 0.481 e. The van der Waals surface area contributed by atoms with E-state index in [1.165, 1.54) is 30.6 Å². The number of methoxy groups -OCH3 is 1. The van der Waals surface area contributed by atoms with Gasteiger partial charge in [0.15, 0.2) is 6.10 Å². The smallest absolute Gasteiger partial charge is 0.418 e. The third kappa shape index (κ3) is 6.06. The number of aromatic nitrogens is 2. The zero-order valence-corrected chi connectivity index (χ0v) is 16.9. The summed E-state index contributed by atoms with van der Waals surface area (Å²) in [5.41, 5.74) is 0.955. The molecule has 0 saturated carbocycles. The van der Waals surface area contributed by atoms with Crippen LogP contribution in [0.4, 0.5) is 24.5 Å². The van der Waals surface area contributed by atoms with Crippen LogP contribution in [0.2, 0.25) is 0 Å². The van der Waals surface area contributed by atoms with E-state index in [-0.39, 0.29) is 29.6 Å². The number of hydrogen-bond acceptors (Lipinski definition) is 6. The molecular formula is C20H24F3N3O4. The highest BCUT2D eigenvalue weighted by molar-refractivity contribution is 5.69. The minimum atomic E-state index is -4.63. The van der Waals surface area contributed by atoms with Crippen LogP contribution in [-0.2, 0) is 9.53 Å². The monoisotopic (exact) mass is 427 g/mol. The Morgan fingerprint density at radius 3 is 2.40 bits per heavy atom. The van der Waals surface area contributed by atoms with E-state index < -0.39 is 18.2 Å². The topological polar surface area (TPSA) is 93.6 Å². The molecule has 0 bridgehead atoms. The van der Waals surface area contributed by atoms with E-state index >= 15 is 0 Å². The fourth-order valence-electron chi connectivity index (χ4n) is 3.05. The summed E-state index contributed by atoms with van der Waals surface area (Å²) in [7, 11) is 0.981. The Labute approximate surface area is 172 Å². The van der Waals surface area contributed by atoms with Crippen molar-refractivity contribution in [3.8, 4) is 6.01 Å². The third-order valence-electron chi connectivity index (χ3n) is 4.46. The van der Waals surface area contributed by atoms with Crippen molar-refractivity contribution >= 4 is 17.3 Å². The molecule has 0 radical (unpaired) electrons. The van der Waals surface area contributed by atoms with E-state index in [1.54, 1.807) is 6.92 Å². The number of aliphatic carboxylic acids is 1. The number of rotatable bonds is 10. The van der Waals surface area contributed by atoms with Crippen LogP contribution in [0.1, 0.15) is 49.8 Å². The molecule has 2 atom stereocenters. The maximum atomic E-state index is 13.5. The molecule has 7 nitrogen and oxygen atoms in total. The highest BCUT2D eigenvalue weighted by atomic mass is 19.4. The Bertz CT molecular complexity index is 844. The van der Waals surface area contributed by atoms with Gasteiger partial charge in [-0.3, -0.25) is 4.79 Å². The average Bonchev–Trinajstić information content (AvgIpc) is 2.68. The summed E-state index contributed by atoms with van der Waals surface area (Å²) in [6.07, 6.45) is -3.62. The van der Waals surface area contributed by atoms with Crippen LogP contribution >= 0.6 is 0 Å². The van der Waals surface area contributed by atoms with Crippen molar-refractivity contribution in [2.24, 2.45) is 0 Å². The van der Waals surface area contributed by atoms with Gasteiger partial charge in [0.05, 0.1) is 31.1 Å². The lowest BCUT2D eigenvalue weighted by Crippen LogP contribution is -2.23. The van der Waals surface area contributed by atoms with Crippen molar-refractivity contribution in [1.29, 1.82) is 0 Å². The molecule has 0 spiro atoms. The van der Waals surface area contributed by atoms with Gasteiger partial charge in [0.2, 0.25) is 0 Å². The number of halogens is 3. The van der Waals surface area contributed by atoms with Crippen LogP contribution in [0, 0.1) is 0 Å². The highest BCUT2D eigenvalue weighted by Gasteiger charge is 2.42. The van der Waals surface area contributed by atoms with E-state index in [9.17, 15) is 18.0 Å². The molecule has 2 unspecified atom stereocenters. The van der Waals surface area contributed by atoms with Gasteiger partial charge in [-0.15, -0.1) is 0 Å². The molecule has 164 valence electrons. The minimum Gasteiger partial charge on any atom is -0.481 e. The van der Waals surface area contributed by atoms with Gasteiger partial charge in [0, 0.05) is 18.4 Å². The summed E-state index contributed by atoms with van der Waals surface area (Å²) in [6, 6.07) is 4.47. The molecule has 2 N–H and O–H groups in total. The maximum Gasteiger partial charge on any atom is 0.418 e. The van der Waals surface area contributed by atoms with Crippen LogP contribution in [0.3, 0.4) is 0 Å². The van der Waals surface area contributed by atoms with E-state index in [4.69, 9.17) is 14.6 Å². The molecule has 0 aliphatic rings. The number of nitrogens with one attached hydrogen (secondary N) is 1. The first-order valence-electron chi connectivity index (χ1n) is 9.36. The molecule has 0 saturated heterocycles. The highest BCUT2D eigenvalue weighted by Crippen LogP contribution is 2.41. The van der Waals surface area contributed by atoms with E-state index in [1.807, 2.05) is 6.92 Å². The van der Waals surface area contributed by atoms with Gasteiger partial charge in [0.25, 0.3) is 0 Å². The fraction of sp³-hybridized carbons (Fsp3) is 0.450. The lowest BCUT2D eigenvalue weighted by atomic mass is 9.91. The molecule has 30 heavy (non-hydrogen) atoms. The molecule has 2 aromatic rings. The van der Waals surface area contributed by atoms with Crippen molar-refractivity contribution in [2.45, 2.75) is 44.9 Å². The molecule has 0 aliphatic heterocycles. The van der Waals surface area contributed by atoms with Crippen LogP contribution in [0.25, 0.3) is 0 Å². The van der Waals surface area contributed by atoms with Crippen molar-refractivity contribution in [3.63, 3.8) is 0 Å². The predicted molar refractivity (Wildman–Crippen MR) is 104 cm³/mol. The molecule has 2 rings (SSSR count). The molecule has 0 fully saturated rings. The molecular weight excluding hydrogens is 403 g/mol. The first kappa shape index (κ1) is 23.4. The number of nitrogens with zero attached hydrogens (tertiary/aromatic N) is 2. The molecule has 1 aromatic heterocycles. The number of carboxylic acids is 1. The first-order valence-corrected chi connectivity index (χ1v) is 9.36. The molecule has 10 heteroatoms. The molecule has 0 aliphatic carbocycles. The maximum absolute atomic E-state index is 13.5. The summed E-state index contributed by atoms with van der Waals surface area (Å²) in [6.45, 7) is 3.97. The Kier molecular flexibility index (Phi) is 7.99. The van der Waals surface area contributed by atoms with Crippen molar-refractivity contribution in [3.05, 3.63) is 41.7 Å². The fourth-order valence-corrected chi connectivity index (χ4v) is 3.05. The third-order valence-corrected chi connectivity index (χ3v) is 4.46. The normalized spacial score (nSPS) is 13.5. The van der Waals surface area contributed by atoms with Crippen LogP contribution < -0.4 is 10.1 Å². The number of anilines is 2. The number of carbonyl (C=O) groups is 1. The van der Waals surface area contributed by atoms with Gasteiger partial charge >= 0.3 is 18.2 Å². The SMILES string of the molecule is CCOc1ncc(Nc2cc(C(CC)CC(=O)O)ccc2C(OC)C(F)(F)F)cn1. The molecule has 0 amide bonds. The first-order chi connectivity index (χ1) is 14.2. The Morgan fingerprint density at radius 1 is 1.23 bits per heavy atom. The van der Waals surface area contributed by atoms with Gasteiger partial charge in [0.1, 0.15) is 0 Å². The zero-order chi connectivity index (χ0) is 22.3. The van der Waals surface area contributed by atoms with Gasteiger partial charge in [-0.05, 0) is 30.9 Å². The number of alkyl halides is 3. The van der Waals surface area contributed by atoms with Gasteiger partial charge in [-0.2, -0.15) is 13.2 Å². The summed E-state index contributed by atoms with van der Waals surface area (Å²) >= 11 is 0. The summed E-state index contributed by atoms with van der Waals surface area (Å²) < 4.78 is 50.3. The molecule has 1 aromatic carbocycles. The predicted octanol–water partition coefficient (Wildman–Crippen LogP) is 4.84. The second-order valence-electron chi connectivity index (χ2n) is 6.52. The lowest BCUT2D eigenvalue weighted by Gasteiger charge is -2.24. The number of benzene rings is 1. The molecule has 1 heterocycles. The van der Waals surface area contributed by atoms with Crippen molar-refractivity contribution in [1.82, 2.24) is 9.97 Å². The number of hydrogen-bond donors (Lipinski definition) is 2. The van der Waals surface area contributed by atoms with Gasteiger partial charge < -0.3 is 19.9 Å². The summed E-state index contributed by atoms with van der Waals surface area (Å²) in [4.78, 5) is 19.1. The number of ether oxygens (including phenoxy) is 2. The second-order valence-corrected chi connectivity index (χ2v) is 6.52.